The molecule has 1 aliphatic heterocycles. The van der Waals surface area contributed by atoms with Crippen molar-refractivity contribution in [3.8, 4) is 5.88 Å². The molecule has 2 heterocycles. The Hall–Kier alpha value is -0.140. The number of hydrogen-bond acceptors (Lipinski definition) is 4. The van der Waals surface area contributed by atoms with Crippen molar-refractivity contribution in [2.45, 2.75) is 19.1 Å². The average molecular weight is 261 g/mol. The van der Waals surface area contributed by atoms with Gasteiger partial charge in [0, 0.05) is 6.61 Å². The van der Waals surface area contributed by atoms with Crippen LogP contribution in [-0.2, 0) is 4.74 Å². The summed E-state index contributed by atoms with van der Waals surface area (Å²) in [6, 6.07) is 0. The zero-order valence-electron chi connectivity index (χ0n) is 8.69. The fraction of sp³-hybridized carbons (Fsp3) is 0.500. The van der Waals surface area contributed by atoms with Crippen LogP contribution in [-0.4, -0.2) is 50.8 Å². The third-order valence-electron chi connectivity index (χ3n) is 2.10. The summed E-state index contributed by atoms with van der Waals surface area (Å²) in [6.45, 7) is 0.555. The summed E-state index contributed by atoms with van der Waals surface area (Å²) in [5, 5.41) is 8.83. The second kappa shape index (κ2) is 6.56. The molecule has 0 aromatic carbocycles. The summed E-state index contributed by atoms with van der Waals surface area (Å²) in [5.74, 6) is -1.79. The van der Waals surface area contributed by atoms with E-state index in [1.165, 1.54) is 0 Å². The second-order valence-corrected chi connectivity index (χ2v) is 3.07. The van der Waals surface area contributed by atoms with Gasteiger partial charge in [-0.3, -0.25) is 4.57 Å². The molecule has 0 bridgehead atoms. The summed E-state index contributed by atoms with van der Waals surface area (Å²) in [6.07, 6.45) is 1.96. The summed E-state index contributed by atoms with van der Waals surface area (Å²) < 4.78 is 19.1. The van der Waals surface area contributed by atoms with E-state index in [0.717, 1.165) is 17.2 Å². The minimum atomic E-state index is -0.917. The molecule has 5 nitrogen and oxygen atoms in total. The van der Waals surface area contributed by atoms with Gasteiger partial charge in [0.05, 0.1) is 6.20 Å². The van der Waals surface area contributed by atoms with Crippen molar-refractivity contribution in [1.29, 1.82) is 0 Å². The number of halogens is 2. The molecule has 0 amide bonds. The third-order valence-corrected chi connectivity index (χ3v) is 2.10. The minimum absolute atomic E-state index is 0. The molecule has 1 aromatic rings. The van der Waals surface area contributed by atoms with Crippen molar-refractivity contribution in [3.63, 3.8) is 0 Å². The SMILES string of the molecule is O=c1nc(O)c(F)cn1C1CCCO1.[Cl-].[H+].[NaH]. The van der Waals surface area contributed by atoms with Crippen LogP contribution in [0.25, 0.3) is 0 Å². The predicted molar refractivity (Wildman–Crippen MR) is 52.6 cm³/mol. The molecular weight excluding hydrogens is 250 g/mol. The third kappa shape index (κ3) is 3.18. The van der Waals surface area contributed by atoms with Gasteiger partial charge in [-0.05, 0) is 12.8 Å². The van der Waals surface area contributed by atoms with Crippen LogP contribution in [0.1, 0.15) is 20.5 Å². The molecule has 8 heteroatoms. The van der Waals surface area contributed by atoms with E-state index >= 15 is 0 Å². The Morgan fingerprint density at radius 2 is 2.38 bits per heavy atom. The molecule has 1 unspecified atom stereocenters. The van der Waals surface area contributed by atoms with Crippen molar-refractivity contribution in [2.75, 3.05) is 6.61 Å². The van der Waals surface area contributed by atoms with Crippen LogP contribution in [0.4, 0.5) is 4.39 Å². The van der Waals surface area contributed by atoms with Crippen LogP contribution in [0.2, 0.25) is 0 Å². The van der Waals surface area contributed by atoms with E-state index in [1.807, 2.05) is 0 Å². The summed E-state index contributed by atoms with van der Waals surface area (Å²) >= 11 is 0. The van der Waals surface area contributed by atoms with E-state index in [4.69, 9.17) is 9.84 Å². The molecule has 1 aromatic heterocycles. The molecule has 86 valence electrons. The Labute approximate surface area is 121 Å². The van der Waals surface area contributed by atoms with E-state index in [1.54, 1.807) is 0 Å². The first-order valence-corrected chi connectivity index (χ1v) is 4.28. The van der Waals surface area contributed by atoms with Crippen LogP contribution in [0.5, 0.6) is 5.88 Å². The molecule has 0 spiro atoms. The summed E-state index contributed by atoms with van der Waals surface area (Å²) in [7, 11) is 0. The Morgan fingerprint density at radius 1 is 1.69 bits per heavy atom. The predicted octanol–water partition coefficient (Wildman–Crippen LogP) is -3.13. The fourth-order valence-corrected chi connectivity index (χ4v) is 1.42. The van der Waals surface area contributed by atoms with Gasteiger partial charge in [-0.2, -0.15) is 9.37 Å². The van der Waals surface area contributed by atoms with Crippen LogP contribution in [0, 0.1) is 5.82 Å². The molecule has 1 N–H and O–H groups in total. The number of ether oxygens (including phenoxy) is 1. The first-order valence-electron chi connectivity index (χ1n) is 4.28. The van der Waals surface area contributed by atoms with Gasteiger partial charge >= 0.3 is 36.7 Å². The van der Waals surface area contributed by atoms with Crippen molar-refractivity contribution in [3.05, 3.63) is 22.5 Å². The zero-order chi connectivity index (χ0) is 10.1. The number of nitrogens with zero attached hydrogens (tertiary/aromatic N) is 2. The van der Waals surface area contributed by atoms with Gasteiger partial charge in [-0.15, -0.1) is 0 Å². The Kier molecular flexibility index (Phi) is 6.50. The van der Waals surface area contributed by atoms with Gasteiger partial charge < -0.3 is 22.3 Å². The van der Waals surface area contributed by atoms with E-state index in [0.29, 0.717) is 13.0 Å². The molecule has 0 saturated carbocycles. The first-order chi connectivity index (χ1) is 6.68. The van der Waals surface area contributed by atoms with Crippen LogP contribution >= 0.6 is 0 Å². The van der Waals surface area contributed by atoms with Gasteiger partial charge in [-0.1, -0.05) is 0 Å². The molecule has 1 saturated heterocycles. The summed E-state index contributed by atoms with van der Waals surface area (Å²) in [4.78, 5) is 14.4. The van der Waals surface area contributed by atoms with Gasteiger partial charge in [0.15, 0.2) is 0 Å². The number of hydrogen-bond donors (Lipinski definition) is 1. The van der Waals surface area contributed by atoms with E-state index in [2.05, 4.69) is 4.98 Å². The molecule has 0 aliphatic carbocycles. The Bertz CT molecular complexity index is 414. The van der Waals surface area contributed by atoms with E-state index in [-0.39, 0.29) is 43.4 Å². The standard InChI is InChI=1S/C8H9FN2O3.ClH.Na.H/c9-5-4-11(6-2-1-3-14-6)8(13)10-7(5)12;;;/h4,6H,1-3H2,(H,10,12,13);1H;;. The molecule has 1 aliphatic rings. The van der Waals surface area contributed by atoms with Crippen LogP contribution in [0.15, 0.2) is 11.0 Å². The van der Waals surface area contributed by atoms with Gasteiger partial charge in [0.2, 0.25) is 5.82 Å². The maximum atomic E-state index is 12.9. The van der Waals surface area contributed by atoms with Gasteiger partial charge in [0.1, 0.15) is 6.23 Å². The van der Waals surface area contributed by atoms with E-state index in [9.17, 15) is 9.18 Å². The zero-order valence-corrected chi connectivity index (χ0v) is 8.45. The fourth-order valence-electron chi connectivity index (χ4n) is 1.42. The van der Waals surface area contributed by atoms with Crippen LogP contribution < -0.4 is 18.1 Å². The average Bonchev–Trinajstić information content (AvgIpc) is 2.64. The maximum absolute atomic E-state index is 12.9. The van der Waals surface area contributed by atoms with Crippen LogP contribution in [0.3, 0.4) is 0 Å². The molecule has 16 heavy (non-hydrogen) atoms. The van der Waals surface area contributed by atoms with E-state index < -0.39 is 23.6 Å². The van der Waals surface area contributed by atoms with Gasteiger partial charge in [-0.25, -0.2) is 4.79 Å². The number of aromatic hydroxyl groups is 1. The van der Waals surface area contributed by atoms with Gasteiger partial charge in [0.25, 0.3) is 5.88 Å². The normalized spacial score (nSPS) is 18.7. The number of aromatic nitrogens is 2. The molecule has 1 atom stereocenters. The summed E-state index contributed by atoms with van der Waals surface area (Å²) in [5.41, 5.74) is -0.698. The second-order valence-electron chi connectivity index (χ2n) is 3.07. The monoisotopic (exact) mass is 260 g/mol. The quantitative estimate of drug-likeness (QED) is 0.542. The van der Waals surface area contributed by atoms with Crippen molar-refractivity contribution < 1.29 is 28.1 Å². The Balaban J connectivity index is 0. The Morgan fingerprint density at radius 3 is 2.94 bits per heavy atom. The molecule has 1 fully saturated rings. The first kappa shape index (κ1) is 15.9. The molecular formula is C8H11ClFN2NaO3. The molecule has 0 radical (unpaired) electrons. The van der Waals surface area contributed by atoms with Crippen molar-refractivity contribution >= 4 is 29.6 Å². The van der Waals surface area contributed by atoms with Crippen molar-refractivity contribution in [1.82, 2.24) is 9.55 Å². The topological polar surface area (TPSA) is 64.3 Å². The van der Waals surface area contributed by atoms with Crippen molar-refractivity contribution in [2.24, 2.45) is 0 Å². The molecule has 2 rings (SSSR count). The number of rotatable bonds is 1.